The van der Waals surface area contributed by atoms with E-state index in [2.05, 4.69) is 27.9 Å². The number of hydrogen-bond donors (Lipinski definition) is 2. The van der Waals surface area contributed by atoms with Crippen LogP contribution in [0.15, 0.2) is 36.4 Å². The summed E-state index contributed by atoms with van der Waals surface area (Å²) in [6, 6.07) is 11.1. The van der Waals surface area contributed by atoms with Crippen molar-refractivity contribution in [2.45, 2.75) is 40.2 Å². The molecule has 0 aliphatic rings. The fourth-order valence-corrected chi connectivity index (χ4v) is 2.92. The van der Waals surface area contributed by atoms with Gasteiger partial charge in [0, 0.05) is 30.8 Å². The van der Waals surface area contributed by atoms with E-state index in [9.17, 15) is 9.59 Å². The van der Waals surface area contributed by atoms with Crippen molar-refractivity contribution in [3.8, 4) is 0 Å². The highest BCUT2D eigenvalue weighted by atomic mass is 16.2. The molecule has 2 aromatic carbocycles. The van der Waals surface area contributed by atoms with Crippen LogP contribution in [0.4, 0.5) is 5.69 Å². The molecule has 0 atom stereocenters. The molecule has 3 aromatic rings. The largest absolute Gasteiger partial charge is 0.352 e. The van der Waals surface area contributed by atoms with Crippen LogP contribution in [0.1, 0.15) is 41.3 Å². The van der Waals surface area contributed by atoms with Gasteiger partial charge in [-0.2, -0.15) is 0 Å². The van der Waals surface area contributed by atoms with Crippen molar-refractivity contribution in [3.63, 3.8) is 0 Å². The van der Waals surface area contributed by atoms with Crippen LogP contribution in [0, 0.1) is 13.8 Å². The van der Waals surface area contributed by atoms with E-state index in [1.54, 1.807) is 12.1 Å². The molecular weight excluding hydrogens is 354 g/mol. The maximum absolute atomic E-state index is 12.3. The fourth-order valence-electron chi connectivity index (χ4n) is 2.92. The second kappa shape index (κ2) is 8.65. The van der Waals surface area contributed by atoms with E-state index in [4.69, 9.17) is 0 Å². The molecule has 0 aliphatic heterocycles. The average molecular weight is 379 g/mol. The first kappa shape index (κ1) is 19.5. The smallest absolute Gasteiger partial charge is 0.251 e. The number of hydrogen-bond acceptors (Lipinski definition) is 4. The van der Waals surface area contributed by atoms with E-state index < -0.39 is 0 Å². The number of carbonyl (C=O) groups is 2. The highest BCUT2D eigenvalue weighted by molar-refractivity contribution is 5.97. The van der Waals surface area contributed by atoms with Crippen LogP contribution in [0.25, 0.3) is 11.0 Å². The molecule has 2 amide bonds. The molecule has 0 unspecified atom stereocenters. The first-order valence-corrected chi connectivity index (χ1v) is 9.46. The number of aromatic nitrogens is 3. The van der Waals surface area contributed by atoms with E-state index in [0.29, 0.717) is 11.1 Å². The Morgan fingerprint density at radius 1 is 1.07 bits per heavy atom. The fraction of sp³-hybridized carbons (Fsp3) is 0.333. The molecule has 7 heteroatoms. The molecule has 146 valence electrons. The number of rotatable bonds is 7. The van der Waals surface area contributed by atoms with E-state index in [1.165, 1.54) is 5.56 Å². The van der Waals surface area contributed by atoms with Gasteiger partial charge in [0.15, 0.2) is 0 Å². The molecule has 0 fully saturated rings. The minimum Gasteiger partial charge on any atom is -0.352 e. The molecule has 0 aliphatic carbocycles. The number of fused-ring (bicyclic) bond motifs is 1. The number of nitrogens with one attached hydrogen (secondary N) is 2. The van der Waals surface area contributed by atoms with E-state index >= 15 is 0 Å². The zero-order valence-electron chi connectivity index (χ0n) is 16.5. The lowest BCUT2D eigenvalue weighted by Crippen LogP contribution is -2.27. The van der Waals surface area contributed by atoms with Gasteiger partial charge in [-0.3, -0.25) is 9.59 Å². The average Bonchev–Trinajstić information content (AvgIpc) is 3.07. The van der Waals surface area contributed by atoms with E-state index in [0.717, 1.165) is 29.7 Å². The predicted octanol–water partition coefficient (Wildman–Crippen LogP) is 3.22. The Morgan fingerprint density at radius 2 is 1.89 bits per heavy atom. The molecule has 0 spiro atoms. The zero-order valence-corrected chi connectivity index (χ0v) is 16.5. The Morgan fingerprint density at radius 3 is 2.64 bits per heavy atom. The molecule has 1 aromatic heterocycles. The van der Waals surface area contributed by atoms with E-state index in [1.807, 2.05) is 42.8 Å². The Kier molecular flexibility index (Phi) is 6.03. The lowest BCUT2D eigenvalue weighted by molar-refractivity contribution is -0.116. The SMILES string of the molecule is CCCn1nnc2cc(C(=O)NCCC(=O)Nc3ccc(C)c(C)c3)ccc21. The number of carbonyl (C=O) groups excluding carboxylic acids is 2. The van der Waals surface area contributed by atoms with Gasteiger partial charge < -0.3 is 10.6 Å². The van der Waals surface area contributed by atoms with Crippen LogP contribution in [0.2, 0.25) is 0 Å². The van der Waals surface area contributed by atoms with Crippen molar-refractivity contribution in [1.29, 1.82) is 0 Å². The van der Waals surface area contributed by atoms with Gasteiger partial charge in [0.2, 0.25) is 5.91 Å². The van der Waals surface area contributed by atoms with Gasteiger partial charge in [-0.25, -0.2) is 4.68 Å². The van der Waals surface area contributed by atoms with Crippen LogP contribution >= 0.6 is 0 Å². The Balaban J connectivity index is 1.53. The van der Waals surface area contributed by atoms with Gasteiger partial charge in [-0.1, -0.05) is 18.2 Å². The Hall–Kier alpha value is -3.22. The zero-order chi connectivity index (χ0) is 20.1. The van der Waals surface area contributed by atoms with Crippen molar-refractivity contribution < 1.29 is 9.59 Å². The summed E-state index contributed by atoms with van der Waals surface area (Å²) in [6.45, 7) is 7.15. The van der Waals surface area contributed by atoms with Gasteiger partial charge >= 0.3 is 0 Å². The highest BCUT2D eigenvalue weighted by Gasteiger charge is 2.11. The predicted molar refractivity (Wildman–Crippen MR) is 109 cm³/mol. The summed E-state index contributed by atoms with van der Waals surface area (Å²) < 4.78 is 1.83. The van der Waals surface area contributed by atoms with Crippen molar-refractivity contribution in [1.82, 2.24) is 20.3 Å². The van der Waals surface area contributed by atoms with Gasteiger partial charge in [0.05, 0.1) is 5.52 Å². The van der Waals surface area contributed by atoms with Gasteiger partial charge in [0.1, 0.15) is 5.52 Å². The van der Waals surface area contributed by atoms with Crippen LogP contribution in [-0.4, -0.2) is 33.4 Å². The molecule has 0 saturated heterocycles. The molecule has 2 N–H and O–H groups in total. The highest BCUT2D eigenvalue weighted by Crippen LogP contribution is 2.15. The number of aryl methyl sites for hydroxylation is 3. The summed E-state index contributed by atoms with van der Waals surface area (Å²) in [5.41, 5.74) is 5.17. The summed E-state index contributed by atoms with van der Waals surface area (Å²) in [6.07, 6.45) is 1.17. The molecule has 1 heterocycles. The second-order valence-electron chi connectivity index (χ2n) is 6.87. The van der Waals surface area contributed by atoms with Crippen molar-refractivity contribution >= 4 is 28.5 Å². The quantitative estimate of drug-likeness (QED) is 0.660. The molecule has 3 rings (SSSR count). The van der Waals surface area contributed by atoms with Crippen molar-refractivity contribution in [2.75, 3.05) is 11.9 Å². The third kappa shape index (κ3) is 4.54. The maximum atomic E-state index is 12.3. The minimum atomic E-state index is -0.231. The standard InChI is InChI=1S/C21H25N5O2/c1-4-11-26-19-8-6-16(13-18(19)24-25-26)21(28)22-10-9-20(27)23-17-7-5-14(2)15(3)12-17/h5-8,12-13H,4,9-11H2,1-3H3,(H,22,28)(H,23,27). The second-order valence-corrected chi connectivity index (χ2v) is 6.87. The lowest BCUT2D eigenvalue weighted by Gasteiger charge is -2.08. The number of nitrogens with zero attached hydrogens (tertiary/aromatic N) is 3. The van der Waals surface area contributed by atoms with Crippen LogP contribution in [-0.2, 0) is 11.3 Å². The molecule has 28 heavy (non-hydrogen) atoms. The lowest BCUT2D eigenvalue weighted by atomic mass is 10.1. The van der Waals surface area contributed by atoms with Crippen molar-refractivity contribution in [3.05, 3.63) is 53.1 Å². The topological polar surface area (TPSA) is 88.9 Å². The van der Waals surface area contributed by atoms with Crippen LogP contribution in [0.5, 0.6) is 0 Å². The van der Waals surface area contributed by atoms with Gasteiger partial charge in [-0.05, 0) is 61.7 Å². The Bertz CT molecular complexity index is 1010. The third-order valence-corrected chi connectivity index (χ3v) is 4.64. The van der Waals surface area contributed by atoms with Gasteiger partial charge in [-0.15, -0.1) is 5.10 Å². The van der Waals surface area contributed by atoms with Crippen LogP contribution < -0.4 is 10.6 Å². The first-order valence-electron chi connectivity index (χ1n) is 9.46. The molecular formula is C21H25N5O2. The van der Waals surface area contributed by atoms with Gasteiger partial charge in [0.25, 0.3) is 5.91 Å². The first-order chi connectivity index (χ1) is 13.5. The Labute approximate surface area is 164 Å². The minimum absolute atomic E-state index is 0.137. The number of amides is 2. The van der Waals surface area contributed by atoms with Crippen molar-refractivity contribution in [2.24, 2.45) is 0 Å². The third-order valence-electron chi connectivity index (χ3n) is 4.64. The summed E-state index contributed by atoms with van der Waals surface area (Å²) >= 11 is 0. The summed E-state index contributed by atoms with van der Waals surface area (Å²) in [5.74, 6) is -0.368. The maximum Gasteiger partial charge on any atom is 0.251 e. The molecule has 0 bridgehead atoms. The summed E-state index contributed by atoms with van der Waals surface area (Å²) in [5, 5.41) is 13.9. The number of benzene rings is 2. The number of anilines is 1. The van der Waals surface area contributed by atoms with Crippen LogP contribution in [0.3, 0.4) is 0 Å². The molecule has 7 nitrogen and oxygen atoms in total. The normalized spacial score (nSPS) is 10.8. The summed E-state index contributed by atoms with van der Waals surface area (Å²) in [4.78, 5) is 24.4. The molecule has 0 radical (unpaired) electrons. The monoisotopic (exact) mass is 379 g/mol. The molecule has 0 saturated carbocycles. The summed E-state index contributed by atoms with van der Waals surface area (Å²) in [7, 11) is 0. The van der Waals surface area contributed by atoms with E-state index in [-0.39, 0.29) is 24.8 Å².